The van der Waals surface area contributed by atoms with Gasteiger partial charge in [-0.1, -0.05) is 79.5 Å². The summed E-state index contributed by atoms with van der Waals surface area (Å²) in [5, 5.41) is 13.2. The van der Waals surface area contributed by atoms with Crippen LogP contribution in [-0.4, -0.2) is 44.2 Å². The summed E-state index contributed by atoms with van der Waals surface area (Å²) in [6.07, 6.45) is 0. The van der Waals surface area contributed by atoms with Crippen LogP contribution in [0.25, 0.3) is 0 Å². The monoisotopic (exact) mass is 606 g/mol. The number of halogens is 2. The van der Waals surface area contributed by atoms with Gasteiger partial charge in [0.25, 0.3) is 10.2 Å². The van der Waals surface area contributed by atoms with Gasteiger partial charge in [0.2, 0.25) is 5.96 Å². The minimum absolute atomic E-state index is 0.0186. The first kappa shape index (κ1) is 30.9. The molecule has 3 aromatic rings. The summed E-state index contributed by atoms with van der Waals surface area (Å²) in [4.78, 5) is 5.59. The number of nitrogens with one attached hydrogen (secondary N) is 2. The van der Waals surface area contributed by atoms with Crippen LogP contribution in [0.5, 0.6) is 0 Å². The maximum atomic E-state index is 11.5. The van der Waals surface area contributed by atoms with Crippen molar-refractivity contribution in [2.45, 2.75) is 37.6 Å². The number of nitrogens with two attached hydrogens (primary N) is 1. The number of nitrogens with zero attached hydrogens (tertiary/aromatic N) is 3. The molecule has 1 heterocycles. The van der Waals surface area contributed by atoms with Gasteiger partial charge in [-0.05, 0) is 66.4 Å². The Morgan fingerprint density at radius 2 is 1.64 bits per heavy atom. The Hall–Kier alpha value is -2.60. The average molecular weight is 608 g/mol. The molecule has 1 aliphatic rings. The fourth-order valence-corrected chi connectivity index (χ4v) is 5.32. The van der Waals surface area contributed by atoms with E-state index in [0.29, 0.717) is 22.5 Å². The van der Waals surface area contributed by atoms with Gasteiger partial charge in [0.15, 0.2) is 0 Å². The lowest BCUT2D eigenvalue weighted by atomic mass is 9.91. The Morgan fingerprint density at radius 3 is 2.23 bits per heavy atom. The molecule has 0 radical (unpaired) electrons. The molecule has 0 saturated carbocycles. The third-order valence-corrected chi connectivity index (χ3v) is 7.48. The van der Waals surface area contributed by atoms with Gasteiger partial charge in [-0.25, -0.2) is 15.1 Å². The van der Waals surface area contributed by atoms with Crippen LogP contribution in [0.4, 0.5) is 0 Å². The van der Waals surface area contributed by atoms with Gasteiger partial charge >= 0.3 is 0 Å². The van der Waals surface area contributed by atoms with Crippen LogP contribution in [-0.2, 0) is 10.2 Å². The van der Waals surface area contributed by atoms with Crippen LogP contribution < -0.4 is 14.6 Å². The molecule has 0 fully saturated rings. The van der Waals surface area contributed by atoms with Crippen LogP contribution in [0.15, 0.2) is 93.9 Å². The van der Waals surface area contributed by atoms with Crippen molar-refractivity contribution >= 4 is 57.0 Å². The molecule has 3 aromatic carbocycles. The van der Waals surface area contributed by atoms with E-state index < -0.39 is 16.3 Å². The third-order valence-electron chi connectivity index (χ3n) is 5.45. The van der Waals surface area contributed by atoms with Crippen LogP contribution >= 0.6 is 35.1 Å². The van der Waals surface area contributed by atoms with Crippen LogP contribution in [0, 0.1) is 0 Å². The van der Waals surface area contributed by atoms with Gasteiger partial charge in [0.1, 0.15) is 0 Å². The van der Waals surface area contributed by atoms with Gasteiger partial charge in [-0.15, -0.1) is 0 Å². The Labute approximate surface area is 245 Å². The molecule has 0 bridgehead atoms. The van der Waals surface area contributed by atoms with Crippen molar-refractivity contribution < 1.29 is 8.42 Å². The van der Waals surface area contributed by atoms with Crippen molar-refractivity contribution in [3.63, 3.8) is 0 Å². The normalized spacial score (nSPS) is 16.3. The summed E-state index contributed by atoms with van der Waals surface area (Å²) in [5.41, 5.74) is 2.95. The second kappa shape index (κ2) is 14.7. The van der Waals surface area contributed by atoms with Crippen molar-refractivity contribution in [1.82, 2.24) is 14.5 Å². The van der Waals surface area contributed by atoms with E-state index in [0.717, 1.165) is 21.7 Å². The van der Waals surface area contributed by atoms with Crippen LogP contribution in [0.1, 0.15) is 37.8 Å². The predicted octanol–water partition coefficient (Wildman–Crippen LogP) is 5.66. The summed E-state index contributed by atoms with van der Waals surface area (Å²) < 4.78 is 28.5. The van der Waals surface area contributed by atoms with E-state index in [-0.39, 0.29) is 12.5 Å². The Kier molecular flexibility index (Phi) is 11.7. The average Bonchev–Trinajstić information content (AvgIpc) is 3.36. The zero-order valence-corrected chi connectivity index (χ0v) is 25.0. The predicted molar refractivity (Wildman–Crippen MR) is 164 cm³/mol. The van der Waals surface area contributed by atoms with Crippen molar-refractivity contribution in [3.8, 4) is 0 Å². The minimum atomic E-state index is -3.85. The molecule has 4 rings (SSSR count). The molecule has 8 nitrogen and oxygen atoms in total. The molecule has 0 amide bonds. The number of rotatable bonds is 8. The quantitative estimate of drug-likeness (QED) is 0.174. The molecule has 1 aliphatic heterocycles. The SMILES string of the molecule is CC.C[C@H](CN=C(NSc1ccc(Cl)cc1)N1C[C@@H](c2ccccc2)C(c2ccc(Cl)cc2)=N1)NS(N)(=O)=O. The lowest BCUT2D eigenvalue weighted by Gasteiger charge is -2.20. The first-order chi connectivity index (χ1) is 18.7. The first-order valence-corrected chi connectivity index (χ1v) is 15.5. The number of aliphatic imine (C=N–C) groups is 1. The van der Waals surface area contributed by atoms with E-state index in [1.807, 2.05) is 68.4 Å². The van der Waals surface area contributed by atoms with Gasteiger partial charge in [-0.3, -0.25) is 4.72 Å². The summed E-state index contributed by atoms with van der Waals surface area (Å²) >= 11 is 13.5. The molecule has 208 valence electrons. The molecule has 12 heteroatoms. The highest BCUT2D eigenvalue weighted by Crippen LogP contribution is 2.30. The van der Waals surface area contributed by atoms with Gasteiger partial charge in [0.05, 0.1) is 18.8 Å². The maximum Gasteiger partial charge on any atom is 0.274 e. The Bertz CT molecular complexity index is 1370. The smallest absolute Gasteiger partial charge is 0.274 e. The van der Waals surface area contributed by atoms with E-state index in [9.17, 15) is 8.42 Å². The Balaban J connectivity index is 0.00000205. The lowest BCUT2D eigenvalue weighted by molar-refractivity contribution is 0.462. The lowest BCUT2D eigenvalue weighted by Crippen LogP contribution is -2.40. The van der Waals surface area contributed by atoms with Crippen molar-refractivity contribution in [2.24, 2.45) is 15.2 Å². The van der Waals surface area contributed by atoms with Crippen molar-refractivity contribution in [2.75, 3.05) is 13.1 Å². The number of benzene rings is 3. The molecule has 2 atom stereocenters. The number of hydrogen-bond donors (Lipinski definition) is 3. The minimum Gasteiger partial charge on any atom is -0.295 e. The highest BCUT2D eigenvalue weighted by Gasteiger charge is 2.31. The maximum absolute atomic E-state index is 11.5. The molecule has 0 aromatic heterocycles. The third kappa shape index (κ3) is 9.52. The molecule has 39 heavy (non-hydrogen) atoms. The zero-order chi connectivity index (χ0) is 28.4. The molecule has 4 N–H and O–H groups in total. The molecular weight excluding hydrogens is 575 g/mol. The van der Waals surface area contributed by atoms with E-state index in [4.69, 9.17) is 33.4 Å². The molecular formula is C27H32Cl2N6O2S2. The van der Waals surface area contributed by atoms with E-state index in [1.165, 1.54) is 11.9 Å². The van der Waals surface area contributed by atoms with E-state index >= 15 is 0 Å². The van der Waals surface area contributed by atoms with E-state index in [1.54, 1.807) is 24.1 Å². The second-order valence-corrected chi connectivity index (χ2v) is 11.5. The fourth-order valence-electron chi connectivity index (χ4n) is 3.78. The number of guanidine groups is 1. The highest BCUT2D eigenvalue weighted by molar-refractivity contribution is 7.98. The number of hydrazone groups is 1. The second-order valence-electron chi connectivity index (χ2n) is 8.42. The fraction of sp³-hybridized carbons (Fsp3) is 0.259. The van der Waals surface area contributed by atoms with Gasteiger partial charge in [-0.2, -0.15) is 18.2 Å². The van der Waals surface area contributed by atoms with E-state index in [2.05, 4.69) is 26.6 Å². The van der Waals surface area contributed by atoms with Crippen molar-refractivity contribution in [1.29, 1.82) is 0 Å². The van der Waals surface area contributed by atoms with Crippen LogP contribution in [0.3, 0.4) is 0 Å². The summed E-state index contributed by atoms with van der Waals surface area (Å²) in [6, 6.07) is 24.6. The van der Waals surface area contributed by atoms with Gasteiger partial charge < -0.3 is 0 Å². The van der Waals surface area contributed by atoms with Crippen molar-refractivity contribution in [3.05, 3.63) is 100 Å². The first-order valence-electron chi connectivity index (χ1n) is 12.4. The molecule has 0 spiro atoms. The van der Waals surface area contributed by atoms with Crippen LogP contribution in [0.2, 0.25) is 10.0 Å². The summed E-state index contributed by atoms with van der Waals surface area (Å²) in [7, 11) is -3.85. The summed E-state index contributed by atoms with van der Waals surface area (Å²) in [5.74, 6) is 0.461. The summed E-state index contributed by atoms with van der Waals surface area (Å²) in [6.45, 7) is 6.38. The molecule has 0 aliphatic carbocycles. The van der Waals surface area contributed by atoms with Gasteiger partial charge in [0, 0.05) is 26.9 Å². The topological polar surface area (TPSA) is 112 Å². The highest BCUT2D eigenvalue weighted by atomic mass is 35.5. The zero-order valence-electron chi connectivity index (χ0n) is 21.9. The molecule has 0 saturated heterocycles. The Morgan fingerprint density at radius 1 is 1.05 bits per heavy atom. The largest absolute Gasteiger partial charge is 0.295 e. The standard InChI is InChI=1S/C25H26Cl2N6O2S2.C2H6/c1-17(32-37(28,34)35)15-29-25(31-36-22-13-11-21(27)12-14-22)33-16-23(18-5-3-2-4-6-18)24(30-33)19-7-9-20(26)10-8-19;1-2/h2-14,17,23,32H,15-16H2,1H3,(H,29,31)(H2,28,34,35);1-2H3/t17-,23+;/m1./s1. The number of hydrogen-bond acceptors (Lipinski definition) is 5. The molecule has 0 unspecified atom stereocenters.